The Bertz CT molecular complexity index is 529. The van der Waals surface area contributed by atoms with Crippen LogP contribution in [0.1, 0.15) is 46.5 Å². The van der Waals surface area contributed by atoms with E-state index in [0.29, 0.717) is 12.8 Å². The van der Waals surface area contributed by atoms with Gasteiger partial charge >= 0.3 is 5.97 Å². The summed E-state index contributed by atoms with van der Waals surface area (Å²) in [4.78, 5) is 29.0. The van der Waals surface area contributed by atoms with Crippen LogP contribution in [0, 0.1) is 0 Å². The van der Waals surface area contributed by atoms with E-state index < -0.39 is 5.97 Å². The number of amides is 1. The standard InChI is InChI=1S/C14H16N2O4/c17-11-5-9-2-3-10(6-11)16(9)13(18)12-4-1-8(7-15-12)14(19)20/h1,4,7,9-11,17H,2-3,5-6H2,(H,19,20). The fraction of sp³-hybridized carbons (Fsp3) is 0.500. The molecule has 2 aliphatic rings. The number of nitrogens with zero attached hydrogens (tertiary/aromatic N) is 2. The van der Waals surface area contributed by atoms with E-state index >= 15 is 0 Å². The maximum Gasteiger partial charge on any atom is 0.337 e. The van der Waals surface area contributed by atoms with Crippen molar-refractivity contribution in [2.75, 3.05) is 0 Å². The number of aliphatic hydroxyl groups excluding tert-OH is 1. The number of piperidine rings is 1. The van der Waals surface area contributed by atoms with Crippen molar-refractivity contribution in [3.8, 4) is 0 Å². The predicted octanol–water partition coefficient (Wildman–Crippen LogP) is 0.908. The number of pyridine rings is 1. The zero-order valence-corrected chi connectivity index (χ0v) is 10.9. The molecule has 3 heterocycles. The average Bonchev–Trinajstić information content (AvgIpc) is 2.70. The van der Waals surface area contributed by atoms with Gasteiger partial charge in [-0.25, -0.2) is 4.79 Å². The summed E-state index contributed by atoms with van der Waals surface area (Å²) < 4.78 is 0. The number of fused-ring (bicyclic) bond motifs is 2. The summed E-state index contributed by atoms with van der Waals surface area (Å²) in [5.74, 6) is -1.22. The third-order valence-corrected chi connectivity index (χ3v) is 4.17. The normalized spacial score (nSPS) is 28.4. The second-order valence-corrected chi connectivity index (χ2v) is 5.46. The van der Waals surface area contributed by atoms with Crippen LogP contribution in [0.2, 0.25) is 0 Å². The highest BCUT2D eigenvalue weighted by atomic mass is 16.4. The SMILES string of the molecule is O=C(O)c1ccc(C(=O)N2C3CCC2CC(O)C3)nc1. The molecule has 6 nitrogen and oxygen atoms in total. The quantitative estimate of drug-likeness (QED) is 0.837. The smallest absolute Gasteiger partial charge is 0.337 e. The molecule has 2 fully saturated rings. The highest BCUT2D eigenvalue weighted by Gasteiger charge is 2.43. The number of carboxylic acids is 1. The van der Waals surface area contributed by atoms with Gasteiger partial charge in [-0.3, -0.25) is 9.78 Å². The Hall–Kier alpha value is -1.95. The number of carbonyl (C=O) groups excluding carboxylic acids is 1. The first-order chi connectivity index (χ1) is 9.56. The summed E-state index contributed by atoms with van der Waals surface area (Å²) in [6, 6.07) is 3.01. The molecule has 0 spiro atoms. The lowest BCUT2D eigenvalue weighted by Crippen LogP contribution is -2.48. The van der Waals surface area contributed by atoms with Crippen molar-refractivity contribution >= 4 is 11.9 Å². The summed E-state index contributed by atoms with van der Waals surface area (Å²) in [7, 11) is 0. The van der Waals surface area contributed by atoms with Crippen molar-refractivity contribution in [2.24, 2.45) is 0 Å². The fourth-order valence-corrected chi connectivity index (χ4v) is 3.26. The molecular weight excluding hydrogens is 260 g/mol. The molecule has 6 heteroatoms. The third-order valence-electron chi connectivity index (χ3n) is 4.17. The van der Waals surface area contributed by atoms with Gasteiger partial charge in [-0.2, -0.15) is 0 Å². The highest BCUT2D eigenvalue weighted by Crippen LogP contribution is 2.36. The Kier molecular flexibility index (Phi) is 3.17. The minimum Gasteiger partial charge on any atom is -0.478 e. The van der Waals surface area contributed by atoms with Crippen molar-refractivity contribution in [3.63, 3.8) is 0 Å². The monoisotopic (exact) mass is 276 g/mol. The second kappa shape index (κ2) is 4.86. The molecule has 0 radical (unpaired) electrons. The number of carbonyl (C=O) groups is 2. The topological polar surface area (TPSA) is 90.7 Å². The van der Waals surface area contributed by atoms with Gasteiger partial charge in [0.1, 0.15) is 5.69 Å². The van der Waals surface area contributed by atoms with Gasteiger partial charge in [0.2, 0.25) is 0 Å². The predicted molar refractivity (Wildman–Crippen MR) is 69.4 cm³/mol. The minimum atomic E-state index is -1.06. The van der Waals surface area contributed by atoms with E-state index in [1.807, 2.05) is 4.90 Å². The van der Waals surface area contributed by atoms with Crippen LogP contribution in [0.25, 0.3) is 0 Å². The lowest BCUT2D eigenvalue weighted by molar-refractivity contribution is 0.0282. The van der Waals surface area contributed by atoms with Gasteiger partial charge in [-0.05, 0) is 37.8 Å². The molecule has 20 heavy (non-hydrogen) atoms. The zero-order chi connectivity index (χ0) is 14.3. The molecule has 1 amide bonds. The number of hydrogen-bond donors (Lipinski definition) is 2. The third kappa shape index (κ3) is 2.16. The molecule has 2 saturated heterocycles. The van der Waals surface area contributed by atoms with E-state index in [0.717, 1.165) is 12.8 Å². The largest absolute Gasteiger partial charge is 0.478 e. The van der Waals surface area contributed by atoms with Crippen molar-refractivity contribution in [1.29, 1.82) is 0 Å². The summed E-state index contributed by atoms with van der Waals surface area (Å²) in [6.45, 7) is 0. The van der Waals surface area contributed by atoms with E-state index in [-0.39, 0.29) is 35.4 Å². The molecule has 0 saturated carbocycles. The van der Waals surface area contributed by atoms with Crippen LogP contribution in [0.3, 0.4) is 0 Å². The molecule has 0 aromatic carbocycles. The van der Waals surface area contributed by atoms with Gasteiger partial charge in [0.15, 0.2) is 0 Å². The number of rotatable bonds is 2. The number of aromatic nitrogens is 1. The zero-order valence-electron chi connectivity index (χ0n) is 10.9. The molecule has 3 rings (SSSR count). The molecule has 1 aromatic heterocycles. The molecular formula is C14H16N2O4. The average molecular weight is 276 g/mol. The van der Waals surface area contributed by atoms with Gasteiger partial charge < -0.3 is 15.1 Å². The molecule has 2 atom stereocenters. The molecule has 2 bridgehead atoms. The van der Waals surface area contributed by atoms with E-state index in [1.54, 1.807) is 0 Å². The van der Waals surface area contributed by atoms with Crippen LogP contribution in [0.15, 0.2) is 18.3 Å². The summed E-state index contributed by atoms with van der Waals surface area (Å²) >= 11 is 0. The molecule has 2 unspecified atom stereocenters. The molecule has 0 aliphatic carbocycles. The number of aromatic carboxylic acids is 1. The molecule has 106 valence electrons. The van der Waals surface area contributed by atoms with Gasteiger partial charge in [0.25, 0.3) is 5.91 Å². The lowest BCUT2D eigenvalue weighted by Gasteiger charge is -2.37. The number of hydrogen-bond acceptors (Lipinski definition) is 4. The lowest BCUT2D eigenvalue weighted by atomic mass is 9.99. The first-order valence-electron chi connectivity index (χ1n) is 6.76. The van der Waals surface area contributed by atoms with E-state index in [1.165, 1.54) is 18.3 Å². The van der Waals surface area contributed by atoms with Crippen molar-refractivity contribution in [3.05, 3.63) is 29.6 Å². The van der Waals surface area contributed by atoms with E-state index in [9.17, 15) is 14.7 Å². The van der Waals surface area contributed by atoms with Crippen LogP contribution in [0.4, 0.5) is 0 Å². The summed E-state index contributed by atoms with van der Waals surface area (Å²) in [5, 5.41) is 18.6. The summed E-state index contributed by atoms with van der Waals surface area (Å²) in [5.41, 5.74) is 0.335. The van der Waals surface area contributed by atoms with Crippen LogP contribution < -0.4 is 0 Å². The van der Waals surface area contributed by atoms with Gasteiger partial charge in [-0.15, -0.1) is 0 Å². The first kappa shape index (κ1) is 13.1. The van der Waals surface area contributed by atoms with Crippen LogP contribution >= 0.6 is 0 Å². The van der Waals surface area contributed by atoms with Crippen molar-refractivity contribution < 1.29 is 19.8 Å². The van der Waals surface area contributed by atoms with Crippen LogP contribution in [-0.2, 0) is 0 Å². The Morgan fingerprint density at radius 2 is 1.85 bits per heavy atom. The Balaban J connectivity index is 1.81. The first-order valence-corrected chi connectivity index (χ1v) is 6.76. The minimum absolute atomic E-state index is 0.0681. The maximum absolute atomic E-state index is 12.5. The number of aliphatic hydroxyl groups is 1. The molecule has 2 N–H and O–H groups in total. The fourth-order valence-electron chi connectivity index (χ4n) is 3.26. The van der Waals surface area contributed by atoms with Gasteiger partial charge in [-0.1, -0.05) is 0 Å². The Morgan fingerprint density at radius 3 is 2.35 bits per heavy atom. The molecule has 2 aliphatic heterocycles. The van der Waals surface area contributed by atoms with E-state index in [4.69, 9.17) is 5.11 Å². The molecule has 1 aromatic rings. The summed E-state index contributed by atoms with van der Waals surface area (Å²) in [6.07, 6.45) is 3.96. The maximum atomic E-state index is 12.5. The van der Waals surface area contributed by atoms with Crippen LogP contribution in [-0.4, -0.2) is 50.2 Å². The van der Waals surface area contributed by atoms with Gasteiger partial charge in [0.05, 0.1) is 11.7 Å². The van der Waals surface area contributed by atoms with Gasteiger partial charge in [0, 0.05) is 18.3 Å². The number of carboxylic acid groups (broad SMARTS) is 1. The van der Waals surface area contributed by atoms with Crippen molar-refractivity contribution in [1.82, 2.24) is 9.88 Å². The van der Waals surface area contributed by atoms with Crippen molar-refractivity contribution in [2.45, 2.75) is 43.9 Å². The Labute approximate surface area is 116 Å². The van der Waals surface area contributed by atoms with Crippen LogP contribution in [0.5, 0.6) is 0 Å². The Morgan fingerprint density at radius 1 is 1.20 bits per heavy atom. The van der Waals surface area contributed by atoms with E-state index in [2.05, 4.69) is 4.98 Å². The highest BCUT2D eigenvalue weighted by molar-refractivity contribution is 5.94. The second-order valence-electron chi connectivity index (χ2n) is 5.46.